The van der Waals surface area contributed by atoms with Crippen LogP contribution in [-0.2, 0) is 4.79 Å². The summed E-state index contributed by atoms with van der Waals surface area (Å²) in [6, 6.07) is 5.12. The molecule has 1 heterocycles. The number of aliphatic carboxylic acids is 1. The molecule has 0 aliphatic rings. The predicted molar refractivity (Wildman–Crippen MR) is 83.3 cm³/mol. The lowest BCUT2D eigenvalue weighted by molar-refractivity contribution is -0.138. The number of nitrogens with one attached hydrogen (secondary N) is 2. The van der Waals surface area contributed by atoms with Crippen LogP contribution in [0.5, 0.6) is 5.75 Å². The number of hydrogen-bond donors (Lipinski definition) is 5. The summed E-state index contributed by atoms with van der Waals surface area (Å²) >= 11 is 3.21. The van der Waals surface area contributed by atoms with Crippen molar-refractivity contribution in [2.24, 2.45) is 0 Å². The lowest BCUT2D eigenvalue weighted by Gasteiger charge is -2.14. The highest BCUT2D eigenvalue weighted by Crippen LogP contribution is 2.23. The van der Waals surface area contributed by atoms with Gasteiger partial charge < -0.3 is 26.0 Å². The van der Waals surface area contributed by atoms with Crippen molar-refractivity contribution in [3.8, 4) is 5.75 Å². The van der Waals surface area contributed by atoms with Gasteiger partial charge in [0.25, 0.3) is 0 Å². The molecular weight excluding hydrogens is 356 g/mol. The number of benzene rings is 1. The number of aliphatic hydroxyl groups excluding tert-OH is 1. The molecule has 0 saturated heterocycles. The maximum atomic E-state index is 10.9. The van der Waals surface area contributed by atoms with E-state index in [9.17, 15) is 9.90 Å². The average molecular weight is 369 g/mol. The highest BCUT2D eigenvalue weighted by molar-refractivity contribution is 9.10. The predicted octanol–water partition coefficient (Wildman–Crippen LogP) is 1.55. The molecule has 2 aromatic rings. The van der Waals surface area contributed by atoms with Crippen molar-refractivity contribution in [2.45, 2.75) is 6.04 Å². The Hall–Kier alpha value is -2.39. The zero-order valence-corrected chi connectivity index (χ0v) is 12.8. The number of rotatable bonds is 6. The summed E-state index contributed by atoms with van der Waals surface area (Å²) in [6.07, 6.45) is 1.45. The van der Waals surface area contributed by atoms with E-state index in [1.54, 1.807) is 12.1 Å². The SMILES string of the molecule is O=C(O)C(CO)Nc1nc(Nc2ccc(O)cc2)ncc1Br. The Kier molecular flexibility index (Phi) is 5.12. The first kappa shape index (κ1) is 16.0. The Labute approximate surface area is 134 Å². The molecule has 0 amide bonds. The monoisotopic (exact) mass is 368 g/mol. The number of carbonyl (C=O) groups is 1. The summed E-state index contributed by atoms with van der Waals surface area (Å²) in [7, 11) is 0. The van der Waals surface area contributed by atoms with Crippen LogP contribution in [0.4, 0.5) is 17.5 Å². The molecule has 2 rings (SSSR count). The fourth-order valence-electron chi connectivity index (χ4n) is 1.55. The summed E-state index contributed by atoms with van der Waals surface area (Å²) < 4.78 is 0.462. The second kappa shape index (κ2) is 7.05. The van der Waals surface area contributed by atoms with E-state index in [1.807, 2.05) is 0 Å². The molecule has 0 fully saturated rings. The van der Waals surface area contributed by atoms with Gasteiger partial charge >= 0.3 is 5.97 Å². The number of anilines is 3. The van der Waals surface area contributed by atoms with Gasteiger partial charge in [0.2, 0.25) is 5.95 Å². The van der Waals surface area contributed by atoms with Crippen molar-refractivity contribution >= 4 is 39.4 Å². The van der Waals surface area contributed by atoms with Gasteiger partial charge in [-0.3, -0.25) is 0 Å². The molecular formula is C13H13BrN4O4. The molecule has 1 atom stereocenters. The number of hydrogen-bond acceptors (Lipinski definition) is 7. The topological polar surface area (TPSA) is 128 Å². The summed E-state index contributed by atoms with van der Waals surface area (Å²) in [5, 5.41) is 32.7. The van der Waals surface area contributed by atoms with Gasteiger partial charge in [-0.25, -0.2) is 9.78 Å². The molecule has 5 N–H and O–H groups in total. The number of aromatic nitrogens is 2. The number of phenols is 1. The number of aliphatic hydroxyl groups is 1. The lowest BCUT2D eigenvalue weighted by Crippen LogP contribution is -2.33. The van der Waals surface area contributed by atoms with Crippen LogP contribution in [0.25, 0.3) is 0 Å². The number of halogens is 1. The van der Waals surface area contributed by atoms with Crippen LogP contribution in [-0.4, -0.2) is 43.9 Å². The van der Waals surface area contributed by atoms with E-state index in [2.05, 4.69) is 36.5 Å². The first-order valence-corrected chi connectivity index (χ1v) is 6.97. The fourth-order valence-corrected chi connectivity index (χ4v) is 1.86. The third kappa shape index (κ3) is 4.06. The third-order valence-electron chi connectivity index (χ3n) is 2.66. The van der Waals surface area contributed by atoms with Crippen LogP contribution in [0.3, 0.4) is 0 Å². The molecule has 22 heavy (non-hydrogen) atoms. The molecule has 0 radical (unpaired) electrons. The Bertz CT molecular complexity index is 666. The Morgan fingerprint density at radius 3 is 2.59 bits per heavy atom. The zero-order valence-electron chi connectivity index (χ0n) is 11.2. The number of carboxylic acid groups (broad SMARTS) is 1. The van der Waals surface area contributed by atoms with Gasteiger partial charge in [-0.2, -0.15) is 4.98 Å². The van der Waals surface area contributed by atoms with E-state index in [0.29, 0.717) is 10.2 Å². The molecule has 0 spiro atoms. The molecule has 9 heteroatoms. The van der Waals surface area contributed by atoms with Crippen molar-refractivity contribution in [1.82, 2.24) is 9.97 Å². The first-order chi connectivity index (χ1) is 10.5. The summed E-state index contributed by atoms with van der Waals surface area (Å²) in [6.45, 7) is -0.577. The summed E-state index contributed by atoms with van der Waals surface area (Å²) in [5.41, 5.74) is 0.656. The normalized spacial score (nSPS) is 11.7. The van der Waals surface area contributed by atoms with Crippen LogP contribution in [0.2, 0.25) is 0 Å². The zero-order chi connectivity index (χ0) is 16.1. The average Bonchev–Trinajstić information content (AvgIpc) is 2.49. The second-order valence-corrected chi connectivity index (χ2v) is 5.13. The van der Waals surface area contributed by atoms with E-state index in [-0.39, 0.29) is 17.5 Å². The molecule has 0 bridgehead atoms. The van der Waals surface area contributed by atoms with Crippen LogP contribution >= 0.6 is 15.9 Å². The van der Waals surface area contributed by atoms with Gasteiger partial charge in [0.1, 0.15) is 17.6 Å². The standard InChI is InChI=1S/C13H13BrN4O4/c14-9-5-15-13(16-7-1-3-8(20)4-2-7)18-11(9)17-10(6-19)12(21)22/h1-5,10,19-20H,6H2,(H,21,22)(H2,15,16,17,18). The Morgan fingerprint density at radius 2 is 2.00 bits per heavy atom. The molecule has 0 saturated carbocycles. The molecule has 0 aliphatic heterocycles. The number of carboxylic acids is 1. The highest BCUT2D eigenvalue weighted by atomic mass is 79.9. The van der Waals surface area contributed by atoms with E-state index in [1.165, 1.54) is 18.3 Å². The van der Waals surface area contributed by atoms with Crippen LogP contribution in [0.1, 0.15) is 0 Å². The molecule has 1 aromatic carbocycles. The van der Waals surface area contributed by atoms with Gasteiger partial charge in [0, 0.05) is 11.9 Å². The number of aromatic hydroxyl groups is 1. The van der Waals surface area contributed by atoms with Crippen LogP contribution < -0.4 is 10.6 Å². The third-order valence-corrected chi connectivity index (χ3v) is 3.24. The molecule has 1 aromatic heterocycles. The summed E-state index contributed by atoms with van der Waals surface area (Å²) in [4.78, 5) is 19.1. The number of nitrogens with zero attached hydrogens (tertiary/aromatic N) is 2. The van der Waals surface area contributed by atoms with E-state index < -0.39 is 18.6 Å². The largest absolute Gasteiger partial charge is 0.508 e. The maximum absolute atomic E-state index is 10.9. The highest BCUT2D eigenvalue weighted by Gasteiger charge is 2.18. The molecule has 0 aliphatic carbocycles. The minimum Gasteiger partial charge on any atom is -0.508 e. The smallest absolute Gasteiger partial charge is 0.328 e. The minimum atomic E-state index is -1.19. The van der Waals surface area contributed by atoms with Crippen LogP contribution in [0, 0.1) is 0 Å². The lowest BCUT2D eigenvalue weighted by atomic mass is 10.3. The quantitative estimate of drug-likeness (QED) is 0.486. The molecule has 116 valence electrons. The minimum absolute atomic E-state index is 0.136. The van der Waals surface area contributed by atoms with E-state index >= 15 is 0 Å². The molecule has 1 unspecified atom stereocenters. The van der Waals surface area contributed by atoms with E-state index in [0.717, 1.165) is 0 Å². The van der Waals surface area contributed by atoms with Crippen molar-refractivity contribution in [3.05, 3.63) is 34.9 Å². The Morgan fingerprint density at radius 1 is 1.32 bits per heavy atom. The maximum Gasteiger partial charge on any atom is 0.328 e. The van der Waals surface area contributed by atoms with Crippen molar-refractivity contribution < 1.29 is 20.1 Å². The summed E-state index contributed by atoms with van der Waals surface area (Å²) in [5.74, 6) is -0.589. The van der Waals surface area contributed by atoms with Gasteiger partial charge in [0.15, 0.2) is 0 Å². The van der Waals surface area contributed by atoms with Gasteiger partial charge in [-0.1, -0.05) is 0 Å². The van der Waals surface area contributed by atoms with Crippen molar-refractivity contribution in [1.29, 1.82) is 0 Å². The number of phenolic OH excluding ortho intramolecular Hbond substituents is 1. The van der Waals surface area contributed by atoms with Crippen molar-refractivity contribution in [3.63, 3.8) is 0 Å². The Balaban J connectivity index is 2.18. The van der Waals surface area contributed by atoms with Crippen LogP contribution in [0.15, 0.2) is 34.9 Å². The van der Waals surface area contributed by atoms with E-state index in [4.69, 9.17) is 10.2 Å². The van der Waals surface area contributed by atoms with Gasteiger partial charge in [-0.05, 0) is 40.2 Å². The first-order valence-electron chi connectivity index (χ1n) is 6.18. The van der Waals surface area contributed by atoms with Crippen molar-refractivity contribution in [2.75, 3.05) is 17.2 Å². The molecule has 8 nitrogen and oxygen atoms in total. The fraction of sp³-hybridized carbons (Fsp3) is 0.154. The second-order valence-electron chi connectivity index (χ2n) is 4.28. The van der Waals surface area contributed by atoms with Gasteiger partial charge in [-0.15, -0.1) is 0 Å². The van der Waals surface area contributed by atoms with Gasteiger partial charge in [0.05, 0.1) is 11.1 Å².